The molecule has 0 saturated carbocycles. The first kappa shape index (κ1) is 29.5. The highest BCUT2D eigenvalue weighted by Gasteiger charge is 2.44. The average Bonchev–Trinajstić information content (AvgIpc) is 3.37. The third-order valence-electron chi connectivity index (χ3n) is 8.36. The number of nitrogens with one attached hydrogen (secondary N) is 1. The Hall–Kier alpha value is -3.55. The van der Waals surface area contributed by atoms with Crippen molar-refractivity contribution in [3.63, 3.8) is 0 Å². The summed E-state index contributed by atoms with van der Waals surface area (Å²) in [7, 11) is 0. The Morgan fingerprint density at radius 1 is 1.07 bits per heavy atom. The van der Waals surface area contributed by atoms with Crippen LogP contribution in [0.3, 0.4) is 0 Å². The normalized spacial score (nSPS) is 21.7. The second-order valence-electron chi connectivity index (χ2n) is 11.1. The minimum Gasteiger partial charge on any atom is -0.395 e. The van der Waals surface area contributed by atoms with Crippen molar-refractivity contribution in [1.82, 2.24) is 19.7 Å². The van der Waals surface area contributed by atoms with E-state index < -0.39 is 46.4 Å². The van der Waals surface area contributed by atoms with Crippen molar-refractivity contribution in [2.24, 2.45) is 5.16 Å². The number of nitrogens with zero attached hydrogens (tertiary/aromatic N) is 4. The number of piperazine rings is 1. The maximum atomic E-state index is 16.1. The van der Waals surface area contributed by atoms with Gasteiger partial charge in [0.2, 0.25) is 0 Å². The van der Waals surface area contributed by atoms with Gasteiger partial charge in [0.05, 0.1) is 30.7 Å². The molecule has 0 spiro atoms. The predicted molar refractivity (Wildman–Crippen MR) is 149 cm³/mol. The fraction of sp³-hybridized carbons (Fsp3) is 0.467. The Morgan fingerprint density at radius 3 is 2.65 bits per heavy atom. The van der Waals surface area contributed by atoms with Crippen molar-refractivity contribution in [2.75, 3.05) is 65.6 Å². The summed E-state index contributed by atoms with van der Waals surface area (Å²) in [6.45, 7) is 5.64. The van der Waals surface area contributed by atoms with Crippen molar-refractivity contribution in [2.45, 2.75) is 24.6 Å². The van der Waals surface area contributed by atoms with Gasteiger partial charge in [-0.15, -0.1) is 0 Å². The number of ether oxygens (including phenoxy) is 1. The van der Waals surface area contributed by atoms with E-state index in [0.717, 1.165) is 25.7 Å². The zero-order chi connectivity index (χ0) is 30.2. The molecule has 230 valence electrons. The lowest BCUT2D eigenvalue weighted by Crippen LogP contribution is -2.56. The standard InChI is InChI=1S/C30H32F5N5O3/c31-29(32)21-15-20(16-22(17-21)30(33,34)35)28(41)40-8-7-39(6-5-36-43-14-11-38-9-12-42-13-10-38)19-23(40)18-25-24-3-1-2-4-26(24)37-27(25)29/h1-5,15-17,23,37H,6-14,18-19H2/b36-5-/t23-/m1/s1. The van der Waals surface area contributed by atoms with Crippen LogP contribution in [-0.2, 0) is 28.1 Å². The maximum Gasteiger partial charge on any atom is 0.416 e. The first-order valence-electron chi connectivity index (χ1n) is 14.3. The molecule has 1 aromatic heterocycles. The molecule has 1 amide bonds. The number of hydrogen-bond acceptors (Lipinski definition) is 6. The van der Waals surface area contributed by atoms with E-state index in [9.17, 15) is 18.0 Å². The first-order valence-corrected chi connectivity index (χ1v) is 14.3. The van der Waals surface area contributed by atoms with Crippen LogP contribution in [0.4, 0.5) is 22.0 Å². The van der Waals surface area contributed by atoms with Gasteiger partial charge < -0.3 is 19.5 Å². The largest absolute Gasteiger partial charge is 0.416 e. The minimum atomic E-state index is -4.91. The number of halogens is 5. The molecule has 0 unspecified atom stereocenters. The number of rotatable bonds is 6. The number of carbonyl (C=O) groups is 1. The molecule has 2 aromatic carbocycles. The molecule has 0 aliphatic carbocycles. The van der Waals surface area contributed by atoms with Crippen LogP contribution in [0.2, 0.25) is 0 Å². The highest BCUT2D eigenvalue weighted by molar-refractivity contribution is 5.95. The van der Waals surface area contributed by atoms with Gasteiger partial charge in [-0.3, -0.25) is 14.6 Å². The number of oxime groups is 1. The molecule has 43 heavy (non-hydrogen) atoms. The second-order valence-corrected chi connectivity index (χ2v) is 11.1. The Bertz CT molecular complexity index is 1500. The third-order valence-corrected chi connectivity index (χ3v) is 8.36. The minimum absolute atomic E-state index is 0.0980. The number of alkyl halides is 5. The summed E-state index contributed by atoms with van der Waals surface area (Å²) in [5.41, 5.74) is -2.29. The van der Waals surface area contributed by atoms with Crippen molar-refractivity contribution < 1.29 is 36.3 Å². The maximum absolute atomic E-state index is 16.1. The molecule has 3 aliphatic heterocycles. The van der Waals surface area contributed by atoms with Crippen LogP contribution < -0.4 is 0 Å². The zero-order valence-electron chi connectivity index (χ0n) is 23.4. The predicted octanol–water partition coefficient (Wildman–Crippen LogP) is 4.34. The van der Waals surface area contributed by atoms with Crippen molar-refractivity contribution in [3.8, 4) is 0 Å². The van der Waals surface area contributed by atoms with E-state index in [-0.39, 0.29) is 18.5 Å². The molecule has 0 radical (unpaired) electrons. The van der Waals surface area contributed by atoms with Crippen molar-refractivity contribution in [3.05, 3.63) is 70.4 Å². The number of amides is 1. The van der Waals surface area contributed by atoms with Crippen molar-refractivity contribution in [1.29, 1.82) is 0 Å². The number of para-hydroxylation sites is 1. The van der Waals surface area contributed by atoms with E-state index in [1.165, 1.54) is 4.90 Å². The van der Waals surface area contributed by atoms with Crippen LogP contribution in [-0.4, -0.2) is 103 Å². The molecule has 8 nitrogen and oxygen atoms in total. The molecular weight excluding hydrogens is 573 g/mol. The number of aromatic amines is 1. The van der Waals surface area contributed by atoms with E-state index in [4.69, 9.17) is 9.57 Å². The highest BCUT2D eigenvalue weighted by atomic mass is 19.4. The van der Waals surface area contributed by atoms with Crippen molar-refractivity contribution >= 4 is 23.0 Å². The second kappa shape index (κ2) is 11.9. The molecule has 2 saturated heterocycles. The number of fused-ring (bicyclic) bond motifs is 6. The van der Waals surface area contributed by atoms with E-state index >= 15 is 8.78 Å². The highest BCUT2D eigenvalue weighted by Crippen LogP contribution is 2.43. The number of aromatic nitrogens is 1. The molecule has 6 rings (SSSR count). The lowest BCUT2D eigenvalue weighted by Gasteiger charge is -2.42. The molecule has 1 atom stereocenters. The summed E-state index contributed by atoms with van der Waals surface area (Å²) in [6.07, 6.45) is -3.18. The summed E-state index contributed by atoms with van der Waals surface area (Å²) in [5, 5.41) is 4.60. The molecule has 3 aromatic rings. The van der Waals surface area contributed by atoms with Crippen LogP contribution in [0.15, 0.2) is 47.6 Å². The quantitative estimate of drug-likeness (QED) is 0.196. The fourth-order valence-electron chi connectivity index (χ4n) is 6.10. The summed E-state index contributed by atoms with van der Waals surface area (Å²) >= 11 is 0. The van der Waals surface area contributed by atoms with Gasteiger partial charge in [-0.1, -0.05) is 23.4 Å². The molecule has 4 heterocycles. The smallest absolute Gasteiger partial charge is 0.395 e. The van der Waals surface area contributed by atoms with Crippen LogP contribution in [0.5, 0.6) is 0 Å². The first-order chi connectivity index (χ1) is 20.6. The summed E-state index contributed by atoms with van der Waals surface area (Å²) in [4.78, 5) is 27.6. The van der Waals surface area contributed by atoms with Gasteiger partial charge in [0, 0.05) is 73.9 Å². The van der Waals surface area contributed by atoms with Crippen LogP contribution in [0.1, 0.15) is 32.7 Å². The summed E-state index contributed by atoms with van der Waals surface area (Å²) < 4.78 is 79.1. The third kappa shape index (κ3) is 6.11. The van der Waals surface area contributed by atoms with Gasteiger partial charge in [0.25, 0.3) is 5.91 Å². The lowest BCUT2D eigenvalue weighted by atomic mass is 9.91. The molecule has 13 heteroatoms. The van der Waals surface area contributed by atoms with Gasteiger partial charge >= 0.3 is 12.1 Å². The van der Waals surface area contributed by atoms with E-state index in [1.54, 1.807) is 30.5 Å². The van der Waals surface area contributed by atoms with E-state index in [2.05, 4.69) is 15.0 Å². The molecule has 1 N–H and O–H groups in total. The Kier molecular flexibility index (Phi) is 8.14. The number of morpholine rings is 1. The number of H-pyrrole nitrogens is 1. The lowest BCUT2D eigenvalue weighted by molar-refractivity contribution is -0.137. The van der Waals surface area contributed by atoms with Crippen LogP contribution >= 0.6 is 0 Å². The van der Waals surface area contributed by atoms with Gasteiger partial charge in [-0.05, 0) is 36.2 Å². The van der Waals surface area contributed by atoms with Gasteiger partial charge in [0.1, 0.15) is 6.61 Å². The van der Waals surface area contributed by atoms with Gasteiger partial charge in [-0.2, -0.15) is 22.0 Å². The topological polar surface area (TPSA) is 73.4 Å². The Labute approximate surface area is 245 Å². The number of carbonyl (C=O) groups excluding carboxylic acids is 1. The van der Waals surface area contributed by atoms with E-state index in [1.807, 2.05) is 4.90 Å². The number of benzene rings is 2. The van der Waals surface area contributed by atoms with Gasteiger partial charge in [0.15, 0.2) is 0 Å². The monoisotopic (exact) mass is 605 g/mol. The SMILES string of the molecule is O=C1c2cc(C(F)(F)F)cc(c2)C(F)(F)c2[nH]c3ccccc3c2C[C@@H]2CN(C/C=N\OCCN3CCOCC3)CCN12. The molecule has 2 fully saturated rings. The summed E-state index contributed by atoms with van der Waals surface area (Å²) in [5.74, 6) is -4.50. The molecule has 3 aliphatic rings. The fourth-order valence-corrected chi connectivity index (χ4v) is 6.10. The molecular formula is C30H32F5N5O3. The molecule has 2 bridgehead atoms. The number of hydrogen-bond donors (Lipinski definition) is 1. The summed E-state index contributed by atoms with van der Waals surface area (Å²) in [6, 6.07) is 8.21. The Morgan fingerprint density at radius 2 is 1.86 bits per heavy atom. The van der Waals surface area contributed by atoms with E-state index in [0.29, 0.717) is 62.5 Å². The Balaban J connectivity index is 1.27. The van der Waals surface area contributed by atoms with Gasteiger partial charge in [-0.25, -0.2) is 0 Å². The zero-order valence-corrected chi connectivity index (χ0v) is 23.4. The van der Waals surface area contributed by atoms with Crippen LogP contribution in [0, 0.1) is 0 Å². The average molecular weight is 606 g/mol. The van der Waals surface area contributed by atoms with Crippen LogP contribution in [0.25, 0.3) is 10.9 Å².